The lowest BCUT2D eigenvalue weighted by molar-refractivity contribution is 0.282. The van der Waals surface area contributed by atoms with Crippen LogP contribution in [0.25, 0.3) is 0 Å². The van der Waals surface area contributed by atoms with Crippen molar-refractivity contribution in [2.24, 2.45) is 0 Å². The summed E-state index contributed by atoms with van der Waals surface area (Å²) in [6, 6.07) is 0. The zero-order valence-corrected chi connectivity index (χ0v) is 16.7. The van der Waals surface area contributed by atoms with E-state index in [1.165, 1.54) is 117 Å². The van der Waals surface area contributed by atoms with Crippen LogP contribution in [0.5, 0.6) is 0 Å². The maximum absolute atomic E-state index is 8.90. The Hall–Kier alpha value is 0.0899. The fourth-order valence-electron chi connectivity index (χ4n) is 4.50. The molecule has 0 bridgehead atoms. The fraction of sp³-hybridized carbons (Fsp3) is 1.00. The molecule has 0 aromatic rings. The van der Waals surface area contributed by atoms with E-state index in [4.69, 9.17) is 5.11 Å². The Morgan fingerprint density at radius 1 is 0.792 bits per heavy atom. The number of unbranched alkanes of at least 4 members (excludes halogenated alkanes) is 3. The van der Waals surface area contributed by atoms with Gasteiger partial charge in [-0.1, -0.05) is 121 Å². The molecule has 24 heavy (non-hydrogen) atoms. The van der Waals surface area contributed by atoms with Crippen molar-refractivity contribution in [3.05, 3.63) is 0 Å². The van der Waals surface area contributed by atoms with Crippen LogP contribution in [0.15, 0.2) is 0 Å². The quantitative estimate of drug-likeness (QED) is 0.335. The van der Waals surface area contributed by atoms with Gasteiger partial charge in [-0.25, -0.2) is 0 Å². The van der Waals surface area contributed by atoms with E-state index in [9.17, 15) is 0 Å². The van der Waals surface area contributed by atoms with Crippen molar-refractivity contribution in [1.29, 1.82) is 0 Å². The summed E-state index contributed by atoms with van der Waals surface area (Å²) in [6.45, 7) is 2.71. The lowest BCUT2D eigenvalue weighted by Gasteiger charge is -2.17. The molecule has 1 rings (SSSR count). The molecule has 0 spiro atoms. The molecule has 1 aliphatic carbocycles. The first-order valence-corrected chi connectivity index (χ1v) is 11.5. The lowest BCUT2D eigenvalue weighted by atomic mass is 9.57. The molecule has 1 unspecified atom stereocenters. The maximum atomic E-state index is 8.90. The SMILES string of the molecule is CBC(CCCCO)CCCCCBC1CCCCCCCCC1. The van der Waals surface area contributed by atoms with Crippen molar-refractivity contribution >= 4 is 14.6 Å². The summed E-state index contributed by atoms with van der Waals surface area (Å²) >= 11 is 0. The zero-order chi connectivity index (χ0) is 17.3. The van der Waals surface area contributed by atoms with Gasteiger partial charge in [-0.3, -0.25) is 0 Å². The smallest absolute Gasteiger partial charge is 0.124 e. The Morgan fingerprint density at radius 2 is 1.38 bits per heavy atom. The largest absolute Gasteiger partial charge is 0.396 e. The highest BCUT2D eigenvalue weighted by atomic mass is 16.2. The van der Waals surface area contributed by atoms with Gasteiger partial charge in [0.25, 0.3) is 0 Å². The van der Waals surface area contributed by atoms with Gasteiger partial charge in [0.1, 0.15) is 14.6 Å². The Bertz CT molecular complexity index is 250. The van der Waals surface area contributed by atoms with Gasteiger partial charge >= 0.3 is 0 Å². The summed E-state index contributed by atoms with van der Waals surface area (Å²) < 4.78 is 0. The first kappa shape index (κ1) is 22.1. The van der Waals surface area contributed by atoms with Gasteiger partial charge in [0.05, 0.1) is 0 Å². The van der Waals surface area contributed by atoms with Gasteiger partial charge in [0, 0.05) is 6.61 Å². The van der Waals surface area contributed by atoms with Gasteiger partial charge in [0.2, 0.25) is 0 Å². The van der Waals surface area contributed by atoms with Crippen molar-refractivity contribution < 1.29 is 5.11 Å². The average molecular weight is 334 g/mol. The fourth-order valence-corrected chi connectivity index (χ4v) is 4.50. The van der Waals surface area contributed by atoms with Crippen LogP contribution in [-0.4, -0.2) is 26.3 Å². The molecule has 140 valence electrons. The molecule has 1 atom stereocenters. The highest BCUT2D eigenvalue weighted by Crippen LogP contribution is 2.27. The van der Waals surface area contributed by atoms with E-state index in [0.717, 1.165) is 18.1 Å². The molecule has 0 saturated heterocycles. The van der Waals surface area contributed by atoms with Crippen LogP contribution in [0.1, 0.15) is 103 Å². The minimum Gasteiger partial charge on any atom is -0.396 e. The normalized spacial score (nSPS) is 18.9. The predicted molar refractivity (Wildman–Crippen MR) is 113 cm³/mol. The van der Waals surface area contributed by atoms with E-state index >= 15 is 0 Å². The molecule has 0 aromatic carbocycles. The van der Waals surface area contributed by atoms with Crippen LogP contribution in [-0.2, 0) is 0 Å². The van der Waals surface area contributed by atoms with Crippen molar-refractivity contribution in [3.8, 4) is 0 Å². The molecular weight excluding hydrogens is 290 g/mol. The van der Waals surface area contributed by atoms with E-state index in [2.05, 4.69) is 6.82 Å². The van der Waals surface area contributed by atoms with Crippen LogP contribution in [0.4, 0.5) is 0 Å². The van der Waals surface area contributed by atoms with Gasteiger partial charge in [-0.15, -0.1) is 0 Å². The summed E-state index contributed by atoms with van der Waals surface area (Å²) in [4.78, 5) is 0. The average Bonchev–Trinajstić information content (AvgIpc) is 2.61. The Morgan fingerprint density at radius 3 is 1.96 bits per heavy atom. The summed E-state index contributed by atoms with van der Waals surface area (Å²) in [7, 11) is 2.83. The molecule has 1 saturated carbocycles. The van der Waals surface area contributed by atoms with E-state index in [1.54, 1.807) is 0 Å². The number of hydrogen-bond donors (Lipinski definition) is 1. The van der Waals surface area contributed by atoms with Gasteiger partial charge < -0.3 is 5.11 Å². The van der Waals surface area contributed by atoms with Gasteiger partial charge in [-0.2, -0.15) is 0 Å². The van der Waals surface area contributed by atoms with Crippen molar-refractivity contribution in [3.63, 3.8) is 0 Å². The van der Waals surface area contributed by atoms with E-state index < -0.39 is 0 Å². The van der Waals surface area contributed by atoms with Crippen LogP contribution in [0.3, 0.4) is 0 Å². The topological polar surface area (TPSA) is 20.2 Å². The molecule has 0 heterocycles. The zero-order valence-electron chi connectivity index (χ0n) is 16.7. The minimum atomic E-state index is 0.373. The molecule has 1 nitrogen and oxygen atoms in total. The van der Waals surface area contributed by atoms with Crippen molar-refractivity contribution in [2.75, 3.05) is 6.61 Å². The number of hydrogen-bond acceptors (Lipinski definition) is 1. The number of rotatable bonds is 12. The van der Waals surface area contributed by atoms with Crippen molar-refractivity contribution in [1.82, 2.24) is 0 Å². The summed E-state index contributed by atoms with van der Waals surface area (Å²) in [5, 5.41) is 8.90. The van der Waals surface area contributed by atoms with E-state index in [-0.39, 0.29) is 0 Å². The third-order valence-corrected chi connectivity index (χ3v) is 6.30. The monoisotopic (exact) mass is 334 g/mol. The third kappa shape index (κ3) is 12.5. The molecule has 0 aromatic heterocycles. The van der Waals surface area contributed by atoms with E-state index in [1.807, 2.05) is 0 Å². The number of aliphatic hydroxyl groups excluding tert-OH is 1. The minimum absolute atomic E-state index is 0.373. The molecule has 1 fully saturated rings. The van der Waals surface area contributed by atoms with Gasteiger partial charge in [-0.05, 0) is 6.42 Å². The molecule has 1 aliphatic rings. The molecule has 3 heteroatoms. The molecule has 0 radical (unpaired) electrons. The third-order valence-electron chi connectivity index (χ3n) is 6.30. The Labute approximate surface area is 154 Å². The highest BCUT2D eigenvalue weighted by Gasteiger charge is 2.11. The second-order valence-corrected chi connectivity index (χ2v) is 8.40. The van der Waals surface area contributed by atoms with Crippen LogP contribution < -0.4 is 0 Å². The highest BCUT2D eigenvalue weighted by molar-refractivity contribution is 6.37. The van der Waals surface area contributed by atoms with E-state index in [0.29, 0.717) is 6.61 Å². The standard InChI is InChI=1S/C21H44B2O/c1-22-20(15-11-13-19-24)14-10-7-12-18-23-21-16-8-5-3-2-4-6-9-17-21/h20-24H,2-19H2,1H3. The number of aliphatic hydroxyl groups is 1. The summed E-state index contributed by atoms with van der Waals surface area (Å²) in [5.41, 5.74) is 0. The van der Waals surface area contributed by atoms with Crippen LogP contribution >= 0.6 is 0 Å². The van der Waals surface area contributed by atoms with Crippen LogP contribution in [0.2, 0.25) is 24.8 Å². The lowest BCUT2D eigenvalue weighted by Crippen LogP contribution is -2.05. The Kier molecular flexibility index (Phi) is 15.3. The molecule has 1 N–H and O–H groups in total. The van der Waals surface area contributed by atoms with Gasteiger partial charge in [0.15, 0.2) is 0 Å². The molecular formula is C21H44B2O. The first-order chi connectivity index (χ1) is 11.9. The second kappa shape index (κ2) is 16.6. The molecule has 0 amide bonds. The second-order valence-electron chi connectivity index (χ2n) is 8.40. The predicted octanol–water partition coefficient (Wildman–Crippen LogP) is 6.15. The first-order valence-electron chi connectivity index (χ1n) is 11.5. The summed E-state index contributed by atoms with van der Waals surface area (Å²) in [6.07, 6.45) is 24.3. The van der Waals surface area contributed by atoms with Crippen LogP contribution in [0, 0.1) is 0 Å². The Balaban J connectivity index is 2.00. The molecule has 0 aliphatic heterocycles. The summed E-state index contributed by atoms with van der Waals surface area (Å²) in [5.74, 6) is 1.96. The van der Waals surface area contributed by atoms with Crippen molar-refractivity contribution in [2.45, 2.75) is 128 Å². The maximum Gasteiger partial charge on any atom is 0.124 e.